The maximum Gasteiger partial charge on any atom is 0.215 e. The highest BCUT2D eigenvalue weighted by Gasteiger charge is 2.19. The Bertz CT molecular complexity index is 278. The summed E-state index contributed by atoms with van der Waals surface area (Å²) in [5, 5.41) is 3.04. The van der Waals surface area contributed by atoms with Gasteiger partial charge in [-0.25, -0.2) is 12.7 Å². The zero-order valence-electron chi connectivity index (χ0n) is 11.6. The van der Waals surface area contributed by atoms with Gasteiger partial charge in [0.25, 0.3) is 0 Å². The molecule has 5 nitrogen and oxygen atoms in total. The van der Waals surface area contributed by atoms with Gasteiger partial charge in [0, 0.05) is 19.6 Å². The van der Waals surface area contributed by atoms with E-state index in [2.05, 4.69) is 10.2 Å². The molecule has 0 rings (SSSR count). The van der Waals surface area contributed by atoms with Gasteiger partial charge in [0.15, 0.2) is 0 Å². The van der Waals surface area contributed by atoms with E-state index in [1.165, 1.54) is 0 Å². The number of hydrogen-bond donors (Lipinski definition) is 1. The Labute approximate surface area is 106 Å². The number of sulfonamides is 1. The van der Waals surface area contributed by atoms with Gasteiger partial charge in [0.1, 0.15) is 0 Å². The average Bonchev–Trinajstić information content (AvgIpc) is 2.24. The van der Waals surface area contributed by atoms with Crippen LogP contribution in [0.1, 0.15) is 20.3 Å². The van der Waals surface area contributed by atoms with Crippen LogP contribution in [-0.2, 0) is 10.0 Å². The van der Waals surface area contributed by atoms with E-state index in [4.69, 9.17) is 0 Å². The molecule has 104 valence electrons. The van der Waals surface area contributed by atoms with E-state index in [9.17, 15) is 8.42 Å². The molecule has 0 aliphatic carbocycles. The molecule has 0 radical (unpaired) electrons. The van der Waals surface area contributed by atoms with Crippen LogP contribution in [0.3, 0.4) is 0 Å². The highest BCUT2D eigenvalue weighted by atomic mass is 32.2. The number of nitrogens with one attached hydrogen (secondary N) is 1. The van der Waals surface area contributed by atoms with Crippen LogP contribution in [0, 0.1) is 0 Å². The van der Waals surface area contributed by atoms with Crippen LogP contribution >= 0.6 is 0 Å². The molecule has 17 heavy (non-hydrogen) atoms. The van der Waals surface area contributed by atoms with Crippen LogP contribution in [0.15, 0.2) is 0 Å². The van der Waals surface area contributed by atoms with Gasteiger partial charge in [0.2, 0.25) is 10.0 Å². The van der Waals surface area contributed by atoms with Crippen LogP contribution in [-0.4, -0.2) is 70.2 Å². The van der Waals surface area contributed by atoms with E-state index >= 15 is 0 Å². The predicted molar refractivity (Wildman–Crippen MR) is 72.7 cm³/mol. The summed E-state index contributed by atoms with van der Waals surface area (Å²) in [5.74, 6) is 0.191. The number of nitrogens with zero attached hydrogens (tertiary/aromatic N) is 2. The first kappa shape index (κ1) is 16.8. The Balaban J connectivity index is 4.13. The van der Waals surface area contributed by atoms with Gasteiger partial charge in [0.05, 0.1) is 5.75 Å². The Morgan fingerprint density at radius 2 is 1.76 bits per heavy atom. The maximum atomic E-state index is 12.0. The third-order valence-electron chi connectivity index (χ3n) is 2.55. The van der Waals surface area contributed by atoms with Crippen LogP contribution in [0.25, 0.3) is 0 Å². The van der Waals surface area contributed by atoms with Crippen molar-refractivity contribution in [3.63, 3.8) is 0 Å². The molecule has 0 fully saturated rings. The van der Waals surface area contributed by atoms with E-state index in [1.807, 2.05) is 27.9 Å². The molecule has 0 aliphatic heterocycles. The highest BCUT2D eigenvalue weighted by Crippen LogP contribution is 2.02. The van der Waals surface area contributed by atoms with E-state index in [-0.39, 0.29) is 5.75 Å². The van der Waals surface area contributed by atoms with Crippen molar-refractivity contribution in [2.24, 2.45) is 0 Å². The molecule has 0 aromatic rings. The van der Waals surface area contributed by atoms with Gasteiger partial charge in [-0.05, 0) is 33.6 Å². The molecule has 0 spiro atoms. The monoisotopic (exact) mass is 265 g/mol. The van der Waals surface area contributed by atoms with Gasteiger partial charge in [-0.1, -0.05) is 13.8 Å². The van der Waals surface area contributed by atoms with Crippen LogP contribution in [0.2, 0.25) is 0 Å². The second-order valence-corrected chi connectivity index (χ2v) is 6.41. The fraction of sp³-hybridized carbons (Fsp3) is 1.00. The van der Waals surface area contributed by atoms with Crippen molar-refractivity contribution in [2.45, 2.75) is 20.3 Å². The minimum Gasteiger partial charge on any atom is -0.316 e. The normalized spacial score (nSPS) is 12.6. The smallest absolute Gasteiger partial charge is 0.215 e. The van der Waals surface area contributed by atoms with Gasteiger partial charge in [-0.2, -0.15) is 0 Å². The first-order valence-corrected chi connectivity index (χ1v) is 7.88. The van der Waals surface area contributed by atoms with Gasteiger partial charge in [-0.3, -0.25) is 0 Å². The van der Waals surface area contributed by atoms with Gasteiger partial charge in [-0.15, -0.1) is 0 Å². The van der Waals surface area contributed by atoms with Gasteiger partial charge < -0.3 is 10.2 Å². The summed E-state index contributed by atoms with van der Waals surface area (Å²) >= 11 is 0. The van der Waals surface area contributed by atoms with Crippen LogP contribution < -0.4 is 5.32 Å². The summed E-state index contributed by atoms with van der Waals surface area (Å²) in [5.41, 5.74) is 0. The summed E-state index contributed by atoms with van der Waals surface area (Å²) in [4.78, 5) is 2.07. The standard InChI is InChI=1S/C11H27N3O2S/c1-5-12-8-11-17(15,16)14(6-2)10-7-9-13(3)4/h12H,5-11H2,1-4H3. The number of rotatable bonds is 10. The molecule has 0 aromatic heterocycles. The molecule has 0 aliphatic rings. The van der Waals surface area contributed by atoms with Crippen molar-refractivity contribution in [3.8, 4) is 0 Å². The zero-order chi connectivity index (χ0) is 13.3. The van der Waals surface area contributed by atoms with Crippen molar-refractivity contribution >= 4 is 10.0 Å². The molecule has 0 amide bonds. The minimum absolute atomic E-state index is 0.191. The molecule has 6 heteroatoms. The zero-order valence-corrected chi connectivity index (χ0v) is 12.4. The lowest BCUT2D eigenvalue weighted by atomic mass is 10.4. The summed E-state index contributed by atoms with van der Waals surface area (Å²) in [6.45, 7) is 7.29. The second kappa shape index (κ2) is 8.85. The SMILES string of the molecule is CCNCCS(=O)(=O)N(CC)CCCN(C)C. The molecule has 1 N–H and O–H groups in total. The third kappa shape index (κ3) is 7.70. The fourth-order valence-corrected chi connectivity index (χ4v) is 3.03. The lowest BCUT2D eigenvalue weighted by Crippen LogP contribution is -2.37. The quantitative estimate of drug-likeness (QED) is 0.573. The van der Waals surface area contributed by atoms with Crippen molar-refractivity contribution in [2.75, 3.05) is 52.6 Å². The minimum atomic E-state index is -3.09. The molecule has 0 atom stereocenters. The summed E-state index contributed by atoms with van der Waals surface area (Å²) in [7, 11) is 0.902. The Hall–Kier alpha value is -0.170. The van der Waals surface area contributed by atoms with Crippen molar-refractivity contribution in [1.82, 2.24) is 14.5 Å². The van der Waals surface area contributed by atoms with E-state index in [0.29, 0.717) is 19.6 Å². The number of hydrogen-bond acceptors (Lipinski definition) is 4. The molecular formula is C11H27N3O2S. The fourth-order valence-electron chi connectivity index (χ4n) is 1.56. The Morgan fingerprint density at radius 3 is 2.24 bits per heavy atom. The predicted octanol–water partition coefficient (Wildman–Crippen LogP) is 0.199. The molecule has 0 aromatic carbocycles. The average molecular weight is 265 g/mol. The lowest BCUT2D eigenvalue weighted by molar-refractivity contribution is 0.356. The molecule has 0 saturated heterocycles. The summed E-state index contributed by atoms with van der Waals surface area (Å²) in [6.07, 6.45) is 0.876. The van der Waals surface area contributed by atoms with Crippen molar-refractivity contribution < 1.29 is 8.42 Å². The maximum absolute atomic E-state index is 12.0. The molecular weight excluding hydrogens is 238 g/mol. The van der Waals surface area contributed by atoms with Crippen LogP contribution in [0.5, 0.6) is 0 Å². The van der Waals surface area contributed by atoms with Crippen molar-refractivity contribution in [1.29, 1.82) is 0 Å². The first-order valence-electron chi connectivity index (χ1n) is 6.27. The molecule has 0 heterocycles. The van der Waals surface area contributed by atoms with E-state index in [0.717, 1.165) is 19.5 Å². The summed E-state index contributed by atoms with van der Waals surface area (Å²) < 4.78 is 25.5. The van der Waals surface area contributed by atoms with E-state index in [1.54, 1.807) is 4.31 Å². The largest absolute Gasteiger partial charge is 0.316 e. The lowest BCUT2D eigenvalue weighted by Gasteiger charge is -2.21. The van der Waals surface area contributed by atoms with E-state index < -0.39 is 10.0 Å². The van der Waals surface area contributed by atoms with Gasteiger partial charge >= 0.3 is 0 Å². The molecule has 0 bridgehead atoms. The highest BCUT2D eigenvalue weighted by molar-refractivity contribution is 7.89. The van der Waals surface area contributed by atoms with Crippen molar-refractivity contribution in [3.05, 3.63) is 0 Å². The first-order chi connectivity index (χ1) is 7.94. The molecule has 0 saturated carbocycles. The third-order valence-corrected chi connectivity index (χ3v) is 4.49. The summed E-state index contributed by atoms with van der Waals surface area (Å²) in [6, 6.07) is 0. The Kier molecular flexibility index (Phi) is 8.77. The molecule has 0 unspecified atom stereocenters. The Morgan fingerprint density at radius 1 is 1.12 bits per heavy atom. The van der Waals surface area contributed by atoms with Crippen LogP contribution in [0.4, 0.5) is 0 Å². The topological polar surface area (TPSA) is 52.7 Å². The second-order valence-electron chi connectivity index (χ2n) is 4.32.